The van der Waals surface area contributed by atoms with E-state index in [0.29, 0.717) is 16.7 Å². The molecule has 1 amide bonds. The molecule has 0 unspecified atom stereocenters. The van der Waals surface area contributed by atoms with Crippen molar-refractivity contribution >= 4 is 11.7 Å². The Kier molecular flexibility index (Phi) is 5.82. The zero-order valence-corrected chi connectivity index (χ0v) is 15.1. The highest BCUT2D eigenvalue weighted by molar-refractivity contribution is 5.98. The van der Waals surface area contributed by atoms with Gasteiger partial charge < -0.3 is 5.32 Å². The molecule has 136 valence electrons. The van der Waals surface area contributed by atoms with Crippen molar-refractivity contribution in [2.45, 2.75) is 52.0 Å². The van der Waals surface area contributed by atoms with Gasteiger partial charge in [0.15, 0.2) is 5.78 Å². The van der Waals surface area contributed by atoms with Gasteiger partial charge in [0, 0.05) is 24.9 Å². The Bertz CT molecular complexity index is 829. The van der Waals surface area contributed by atoms with E-state index < -0.39 is 0 Å². The summed E-state index contributed by atoms with van der Waals surface area (Å²) in [7, 11) is 0. The van der Waals surface area contributed by atoms with Crippen LogP contribution < -0.4 is 5.32 Å². The summed E-state index contributed by atoms with van der Waals surface area (Å²) in [6.07, 6.45) is 4.84. The van der Waals surface area contributed by atoms with Crippen LogP contribution in [0.3, 0.4) is 0 Å². The number of rotatable bonds is 6. The minimum Gasteiger partial charge on any atom is -0.352 e. The third kappa shape index (κ3) is 4.57. The van der Waals surface area contributed by atoms with Gasteiger partial charge in [0.1, 0.15) is 5.82 Å². The van der Waals surface area contributed by atoms with Gasteiger partial charge in [-0.1, -0.05) is 24.3 Å². The number of aryl methyl sites for hydroxylation is 3. The Morgan fingerprint density at radius 1 is 1.00 bits per heavy atom. The lowest BCUT2D eigenvalue weighted by atomic mass is 9.89. The van der Waals surface area contributed by atoms with E-state index in [1.54, 1.807) is 19.1 Å². The maximum atomic E-state index is 13.5. The Labute approximate surface area is 153 Å². The topological polar surface area (TPSA) is 46.2 Å². The number of amides is 1. The maximum absolute atomic E-state index is 13.5. The van der Waals surface area contributed by atoms with Gasteiger partial charge in [-0.25, -0.2) is 4.39 Å². The number of halogens is 1. The fourth-order valence-electron chi connectivity index (χ4n) is 3.31. The molecule has 0 spiro atoms. The van der Waals surface area contributed by atoms with Gasteiger partial charge in [-0.05, 0) is 67.0 Å². The SMILES string of the molecule is Cc1ccc(CNC(=O)CCC(=O)c2ccc3c(c2)CCCC3)cc1F. The van der Waals surface area contributed by atoms with Crippen molar-refractivity contribution in [1.82, 2.24) is 5.32 Å². The molecule has 2 aromatic carbocycles. The number of benzene rings is 2. The highest BCUT2D eigenvalue weighted by Gasteiger charge is 2.14. The molecule has 0 aromatic heterocycles. The largest absolute Gasteiger partial charge is 0.352 e. The van der Waals surface area contributed by atoms with Crippen LogP contribution in [0.1, 0.15) is 58.3 Å². The molecular weight excluding hydrogens is 329 g/mol. The van der Waals surface area contributed by atoms with Crippen LogP contribution in [0.5, 0.6) is 0 Å². The average Bonchev–Trinajstić information content (AvgIpc) is 2.66. The van der Waals surface area contributed by atoms with Crippen LogP contribution in [0.2, 0.25) is 0 Å². The Balaban J connectivity index is 1.49. The number of Topliss-reactive ketones (excluding diaryl/α,β-unsaturated/α-hetero) is 1. The first-order valence-corrected chi connectivity index (χ1v) is 9.19. The molecule has 0 atom stereocenters. The summed E-state index contributed by atoms with van der Waals surface area (Å²) in [6, 6.07) is 10.8. The molecule has 0 saturated heterocycles. The molecule has 0 fully saturated rings. The maximum Gasteiger partial charge on any atom is 0.220 e. The fraction of sp³-hybridized carbons (Fsp3) is 0.364. The molecule has 1 N–H and O–H groups in total. The van der Waals surface area contributed by atoms with E-state index in [0.717, 1.165) is 12.8 Å². The quantitative estimate of drug-likeness (QED) is 0.788. The lowest BCUT2D eigenvalue weighted by molar-refractivity contribution is -0.121. The number of carbonyl (C=O) groups excluding carboxylic acids is 2. The van der Waals surface area contributed by atoms with Gasteiger partial charge >= 0.3 is 0 Å². The number of ketones is 1. The molecule has 0 heterocycles. The van der Waals surface area contributed by atoms with Crippen molar-refractivity contribution in [3.63, 3.8) is 0 Å². The number of hydrogen-bond acceptors (Lipinski definition) is 2. The summed E-state index contributed by atoms with van der Waals surface area (Å²) in [5, 5.41) is 2.74. The molecule has 4 heteroatoms. The van der Waals surface area contributed by atoms with Crippen LogP contribution in [-0.4, -0.2) is 11.7 Å². The summed E-state index contributed by atoms with van der Waals surface area (Å²) in [5.41, 5.74) is 4.60. The van der Waals surface area contributed by atoms with Gasteiger partial charge in [-0.15, -0.1) is 0 Å². The van der Waals surface area contributed by atoms with E-state index in [4.69, 9.17) is 0 Å². The van der Waals surface area contributed by atoms with Crippen molar-refractivity contribution in [1.29, 1.82) is 0 Å². The molecule has 26 heavy (non-hydrogen) atoms. The molecule has 1 aliphatic carbocycles. The summed E-state index contributed by atoms with van der Waals surface area (Å²) < 4.78 is 13.5. The van der Waals surface area contributed by atoms with E-state index in [2.05, 4.69) is 5.32 Å². The molecule has 0 radical (unpaired) electrons. The minimum atomic E-state index is -0.278. The third-order valence-electron chi connectivity index (χ3n) is 4.98. The first kappa shape index (κ1) is 18.3. The van der Waals surface area contributed by atoms with Crippen LogP contribution in [-0.2, 0) is 24.2 Å². The van der Waals surface area contributed by atoms with Gasteiger partial charge in [0.2, 0.25) is 5.91 Å². The Morgan fingerprint density at radius 2 is 1.77 bits per heavy atom. The number of carbonyl (C=O) groups is 2. The lowest BCUT2D eigenvalue weighted by Crippen LogP contribution is -2.23. The smallest absolute Gasteiger partial charge is 0.220 e. The van der Waals surface area contributed by atoms with Gasteiger partial charge in [0.05, 0.1) is 0 Å². The zero-order valence-electron chi connectivity index (χ0n) is 15.1. The van der Waals surface area contributed by atoms with Crippen molar-refractivity contribution in [3.05, 3.63) is 70.0 Å². The summed E-state index contributed by atoms with van der Waals surface area (Å²) in [4.78, 5) is 24.3. The van der Waals surface area contributed by atoms with Gasteiger partial charge in [-0.3, -0.25) is 9.59 Å². The fourth-order valence-corrected chi connectivity index (χ4v) is 3.31. The predicted octanol–water partition coefficient (Wildman–Crippen LogP) is 4.29. The number of fused-ring (bicyclic) bond motifs is 1. The highest BCUT2D eigenvalue weighted by atomic mass is 19.1. The third-order valence-corrected chi connectivity index (χ3v) is 4.98. The first-order valence-electron chi connectivity index (χ1n) is 9.19. The standard InChI is InChI=1S/C22H24FNO2/c1-15-6-7-16(12-20(15)23)14-24-22(26)11-10-21(25)19-9-8-17-4-2-3-5-18(17)13-19/h6-9,12-13H,2-5,10-11,14H2,1H3,(H,24,26). The van der Waals surface area contributed by atoms with E-state index in [9.17, 15) is 14.0 Å². The van der Waals surface area contributed by atoms with Crippen LogP contribution in [0.15, 0.2) is 36.4 Å². The normalized spacial score (nSPS) is 13.2. The molecule has 0 aliphatic heterocycles. The monoisotopic (exact) mass is 353 g/mol. The molecule has 3 nitrogen and oxygen atoms in total. The Hall–Kier alpha value is -2.49. The molecule has 0 saturated carbocycles. The minimum absolute atomic E-state index is 0.00472. The van der Waals surface area contributed by atoms with Crippen LogP contribution >= 0.6 is 0 Å². The highest BCUT2D eigenvalue weighted by Crippen LogP contribution is 2.23. The van der Waals surface area contributed by atoms with E-state index in [1.807, 2.05) is 18.2 Å². The lowest BCUT2D eigenvalue weighted by Gasteiger charge is -2.16. The number of nitrogens with one attached hydrogen (secondary N) is 1. The van der Waals surface area contributed by atoms with Crippen molar-refractivity contribution in [2.75, 3.05) is 0 Å². The molecule has 0 bridgehead atoms. The Morgan fingerprint density at radius 3 is 2.54 bits per heavy atom. The van der Waals surface area contributed by atoms with Crippen molar-refractivity contribution < 1.29 is 14.0 Å². The molecule has 2 aromatic rings. The zero-order chi connectivity index (χ0) is 18.5. The van der Waals surface area contributed by atoms with Crippen LogP contribution in [0.4, 0.5) is 4.39 Å². The second-order valence-corrected chi connectivity index (χ2v) is 6.97. The van der Waals surface area contributed by atoms with Crippen LogP contribution in [0.25, 0.3) is 0 Å². The second-order valence-electron chi connectivity index (χ2n) is 6.97. The predicted molar refractivity (Wildman–Crippen MR) is 99.6 cm³/mol. The molecule has 1 aliphatic rings. The van der Waals surface area contributed by atoms with Crippen molar-refractivity contribution in [3.8, 4) is 0 Å². The summed E-state index contributed by atoms with van der Waals surface area (Å²) >= 11 is 0. The molecule has 3 rings (SSSR count). The van der Waals surface area contributed by atoms with Gasteiger partial charge in [-0.2, -0.15) is 0 Å². The van der Waals surface area contributed by atoms with E-state index in [1.165, 1.54) is 30.0 Å². The average molecular weight is 353 g/mol. The number of hydrogen-bond donors (Lipinski definition) is 1. The van der Waals surface area contributed by atoms with Crippen LogP contribution in [0, 0.1) is 12.7 Å². The van der Waals surface area contributed by atoms with Crippen molar-refractivity contribution in [2.24, 2.45) is 0 Å². The van der Waals surface area contributed by atoms with E-state index >= 15 is 0 Å². The first-order chi connectivity index (χ1) is 12.5. The van der Waals surface area contributed by atoms with E-state index in [-0.39, 0.29) is 36.9 Å². The molecular formula is C22H24FNO2. The summed E-state index contributed by atoms with van der Waals surface area (Å²) in [6.45, 7) is 1.97. The van der Waals surface area contributed by atoms with Gasteiger partial charge in [0.25, 0.3) is 0 Å². The second kappa shape index (κ2) is 8.26. The summed E-state index contributed by atoms with van der Waals surface area (Å²) in [5.74, 6) is -0.480.